The highest BCUT2D eigenvalue weighted by Crippen LogP contribution is 2.08. The highest BCUT2D eigenvalue weighted by molar-refractivity contribution is 5.90. The van der Waals surface area contributed by atoms with Crippen LogP contribution < -0.4 is 10.6 Å². The van der Waals surface area contributed by atoms with Crippen molar-refractivity contribution in [1.82, 2.24) is 25.1 Å². The topological polar surface area (TPSA) is 84.7 Å². The molecule has 7 nitrogen and oxygen atoms in total. The molecule has 2 aromatic rings. The summed E-state index contributed by atoms with van der Waals surface area (Å²) >= 11 is 0. The number of hydrogen-bond acceptors (Lipinski definition) is 5. The molecule has 0 aliphatic rings. The maximum Gasteiger partial charge on any atom is 0.225 e. The number of nitrogens with zero attached hydrogens (tertiary/aromatic N) is 4. The molecule has 0 aliphatic heterocycles. The molecule has 110 valence electrons. The maximum atomic E-state index is 11.5. The van der Waals surface area contributed by atoms with E-state index in [2.05, 4.69) is 25.7 Å². The van der Waals surface area contributed by atoms with Crippen molar-refractivity contribution in [2.24, 2.45) is 0 Å². The molecular formula is C11H16Cl2N6O. The van der Waals surface area contributed by atoms with E-state index in [4.69, 9.17) is 0 Å². The summed E-state index contributed by atoms with van der Waals surface area (Å²) in [4.78, 5) is 19.5. The van der Waals surface area contributed by atoms with E-state index in [9.17, 15) is 4.79 Å². The second kappa shape index (κ2) is 9.24. The smallest absolute Gasteiger partial charge is 0.225 e. The van der Waals surface area contributed by atoms with Gasteiger partial charge < -0.3 is 10.6 Å². The number of amides is 1. The Labute approximate surface area is 129 Å². The first-order valence-corrected chi connectivity index (χ1v) is 5.55. The summed E-state index contributed by atoms with van der Waals surface area (Å²) < 4.78 is 1.55. The average molecular weight is 319 g/mol. The molecule has 0 bridgehead atoms. The summed E-state index contributed by atoms with van der Waals surface area (Å²) in [7, 11) is 1.81. The van der Waals surface area contributed by atoms with Gasteiger partial charge in [-0.3, -0.25) is 4.79 Å². The minimum absolute atomic E-state index is 0. The molecular weight excluding hydrogens is 303 g/mol. The standard InChI is InChI=1S/C11H14N6O.2ClH/c1-12-5-4-11(18)16-9-2-3-10(14-6-9)17-8-13-7-15-17;;/h2-3,6-8,12H,4-5H2,1H3,(H,16,18);2*1H. The van der Waals surface area contributed by atoms with Crippen LogP contribution in [0.2, 0.25) is 0 Å². The lowest BCUT2D eigenvalue weighted by atomic mass is 10.3. The summed E-state index contributed by atoms with van der Waals surface area (Å²) in [6, 6.07) is 3.55. The highest BCUT2D eigenvalue weighted by atomic mass is 35.5. The third-order valence-corrected chi connectivity index (χ3v) is 2.29. The number of pyridine rings is 1. The first-order chi connectivity index (χ1) is 8.79. The fraction of sp³-hybridized carbons (Fsp3) is 0.273. The summed E-state index contributed by atoms with van der Waals surface area (Å²) in [5, 5.41) is 9.64. The number of rotatable bonds is 5. The van der Waals surface area contributed by atoms with E-state index in [0.29, 0.717) is 24.5 Å². The first kappa shape index (κ1) is 18.3. The fourth-order valence-electron chi connectivity index (χ4n) is 1.38. The molecule has 9 heteroatoms. The average Bonchev–Trinajstić information content (AvgIpc) is 2.91. The Morgan fingerprint density at radius 1 is 1.35 bits per heavy atom. The minimum atomic E-state index is -0.0420. The predicted molar refractivity (Wildman–Crippen MR) is 80.8 cm³/mol. The molecule has 0 spiro atoms. The van der Waals surface area contributed by atoms with Gasteiger partial charge in [0.15, 0.2) is 5.82 Å². The van der Waals surface area contributed by atoms with E-state index in [1.165, 1.54) is 6.33 Å². The van der Waals surface area contributed by atoms with E-state index >= 15 is 0 Å². The van der Waals surface area contributed by atoms with Gasteiger partial charge in [0.2, 0.25) is 5.91 Å². The SMILES string of the molecule is CNCCC(=O)Nc1ccc(-n2cncn2)nc1.Cl.Cl. The summed E-state index contributed by atoms with van der Waals surface area (Å²) in [6.45, 7) is 0.649. The van der Waals surface area contributed by atoms with E-state index in [-0.39, 0.29) is 30.7 Å². The van der Waals surface area contributed by atoms with Crippen molar-refractivity contribution in [3.05, 3.63) is 31.0 Å². The van der Waals surface area contributed by atoms with Crippen molar-refractivity contribution in [1.29, 1.82) is 0 Å². The molecule has 2 heterocycles. The van der Waals surface area contributed by atoms with Crippen molar-refractivity contribution in [3.8, 4) is 5.82 Å². The maximum absolute atomic E-state index is 11.5. The lowest BCUT2D eigenvalue weighted by Gasteiger charge is -2.05. The van der Waals surface area contributed by atoms with Gasteiger partial charge in [0.1, 0.15) is 12.7 Å². The summed E-state index contributed by atoms with van der Waals surface area (Å²) in [5.74, 6) is 0.611. The Morgan fingerprint density at radius 2 is 2.15 bits per heavy atom. The van der Waals surface area contributed by atoms with Crippen LogP contribution in [0, 0.1) is 0 Å². The van der Waals surface area contributed by atoms with Crippen molar-refractivity contribution in [2.75, 3.05) is 18.9 Å². The second-order valence-electron chi connectivity index (χ2n) is 3.65. The molecule has 0 aromatic carbocycles. The van der Waals surface area contributed by atoms with E-state index < -0.39 is 0 Å². The van der Waals surface area contributed by atoms with Gasteiger partial charge in [-0.2, -0.15) is 5.10 Å². The number of aromatic nitrogens is 4. The fourth-order valence-corrected chi connectivity index (χ4v) is 1.38. The minimum Gasteiger partial charge on any atom is -0.325 e. The van der Waals surface area contributed by atoms with Crippen molar-refractivity contribution < 1.29 is 4.79 Å². The highest BCUT2D eigenvalue weighted by Gasteiger charge is 2.03. The molecule has 2 rings (SSSR count). The van der Waals surface area contributed by atoms with Crippen molar-refractivity contribution in [3.63, 3.8) is 0 Å². The molecule has 0 aliphatic carbocycles. The largest absolute Gasteiger partial charge is 0.325 e. The molecule has 0 saturated heterocycles. The van der Waals surface area contributed by atoms with Crippen molar-refractivity contribution >= 4 is 36.4 Å². The molecule has 20 heavy (non-hydrogen) atoms. The van der Waals surface area contributed by atoms with Crippen LogP contribution >= 0.6 is 24.8 Å². The Kier molecular flexibility index (Phi) is 8.46. The van der Waals surface area contributed by atoms with Crippen LogP contribution in [0.25, 0.3) is 5.82 Å². The number of halogens is 2. The predicted octanol–water partition coefficient (Wildman–Crippen LogP) is 1.05. The number of nitrogens with one attached hydrogen (secondary N) is 2. The van der Waals surface area contributed by atoms with Crippen LogP contribution in [-0.4, -0.2) is 39.2 Å². The number of carbonyl (C=O) groups excluding carboxylic acids is 1. The van der Waals surface area contributed by atoms with Crippen LogP contribution in [0.15, 0.2) is 31.0 Å². The third-order valence-electron chi connectivity index (χ3n) is 2.29. The Balaban J connectivity index is 0.00000180. The molecule has 0 fully saturated rings. The monoisotopic (exact) mass is 318 g/mol. The summed E-state index contributed by atoms with van der Waals surface area (Å²) in [5.41, 5.74) is 0.667. The quantitative estimate of drug-likeness (QED) is 0.861. The molecule has 0 atom stereocenters. The van der Waals surface area contributed by atoms with Gasteiger partial charge in [0, 0.05) is 13.0 Å². The Bertz CT molecular complexity index is 502. The number of hydrogen-bond donors (Lipinski definition) is 2. The Morgan fingerprint density at radius 3 is 2.70 bits per heavy atom. The van der Waals surface area contributed by atoms with Crippen LogP contribution in [0.4, 0.5) is 5.69 Å². The third kappa shape index (κ3) is 5.12. The lowest BCUT2D eigenvalue weighted by molar-refractivity contribution is -0.116. The van der Waals surface area contributed by atoms with Crippen LogP contribution in [-0.2, 0) is 4.79 Å². The van der Waals surface area contributed by atoms with Gasteiger partial charge in [-0.15, -0.1) is 24.8 Å². The zero-order chi connectivity index (χ0) is 12.8. The van der Waals surface area contributed by atoms with Gasteiger partial charge in [-0.25, -0.2) is 14.6 Å². The first-order valence-electron chi connectivity index (χ1n) is 5.55. The molecule has 0 saturated carbocycles. The van der Waals surface area contributed by atoms with Crippen molar-refractivity contribution in [2.45, 2.75) is 6.42 Å². The van der Waals surface area contributed by atoms with Crippen LogP contribution in [0.5, 0.6) is 0 Å². The molecule has 0 radical (unpaired) electrons. The molecule has 2 aromatic heterocycles. The van der Waals surface area contributed by atoms with Gasteiger partial charge in [0.05, 0.1) is 11.9 Å². The second-order valence-corrected chi connectivity index (χ2v) is 3.65. The van der Waals surface area contributed by atoms with E-state index in [1.807, 2.05) is 7.05 Å². The number of anilines is 1. The summed E-state index contributed by atoms with van der Waals surface area (Å²) in [6.07, 6.45) is 5.03. The van der Waals surface area contributed by atoms with Gasteiger partial charge in [0.25, 0.3) is 0 Å². The zero-order valence-corrected chi connectivity index (χ0v) is 12.4. The number of carbonyl (C=O) groups is 1. The van der Waals surface area contributed by atoms with Crippen LogP contribution in [0.1, 0.15) is 6.42 Å². The van der Waals surface area contributed by atoms with Gasteiger partial charge >= 0.3 is 0 Å². The lowest BCUT2D eigenvalue weighted by Crippen LogP contribution is -2.18. The van der Waals surface area contributed by atoms with Gasteiger partial charge in [-0.1, -0.05) is 0 Å². The van der Waals surface area contributed by atoms with E-state index in [1.54, 1.807) is 29.3 Å². The zero-order valence-electron chi connectivity index (χ0n) is 10.8. The molecule has 1 amide bonds. The van der Waals surface area contributed by atoms with Crippen LogP contribution in [0.3, 0.4) is 0 Å². The normalized spacial score (nSPS) is 9.25. The van der Waals surface area contributed by atoms with E-state index in [0.717, 1.165) is 0 Å². The van der Waals surface area contributed by atoms with Gasteiger partial charge in [-0.05, 0) is 19.2 Å². The molecule has 0 unspecified atom stereocenters. The molecule has 2 N–H and O–H groups in total. The Hall–Kier alpha value is -1.70.